The second-order valence-corrected chi connectivity index (χ2v) is 11.0. The quantitative estimate of drug-likeness (QED) is 0.400. The lowest BCUT2D eigenvalue weighted by Gasteiger charge is -2.54. The highest BCUT2D eigenvalue weighted by Crippen LogP contribution is 2.53. The Kier molecular flexibility index (Phi) is 6.69. The van der Waals surface area contributed by atoms with E-state index in [4.69, 9.17) is 21.1 Å². The monoisotopic (exact) mass is 521 g/mol. The van der Waals surface area contributed by atoms with E-state index in [1.54, 1.807) is 6.07 Å². The first-order valence-electron chi connectivity index (χ1n) is 11.8. The summed E-state index contributed by atoms with van der Waals surface area (Å²) in [4.78, 5) is 0. The number of ether oxygens (including phenoxy) is 2. The Balaban J connectivity index is 1.28. The molecule has 0 radical (unpaired) electrons. The molecule has 4 aliphatic carbocycles. The zero-order valence-corrected chi connectivity index (χ0v) is 20.7. The summed E-state index contributed by atoms with van der Waals surface area (Å²) in [6.45, 7) is 3.58. The maximum absolute atomic E-state index is 13.3. The molecule has 0 aliphatic heterocycles. The average molecular weight is 523 g/mol. The smallest absolute Gasteiger partial charge is 0.175 e. The molecule has 3 nitrogen and oxygen atoms in total. The van der Waals surface area contributed by atoms with Gasteiger partial charge in [-0.1, -0.05) is 17.7 Å². The van der Waals surface area contributed by atoms with E-state index in [-0.39, 0.29) is 12.4 Å². The largest absolute Gasteiger partial charge is 0.490 e. The molecule has 1 N–H and O–H groups in total. The van der Waals surface area contributed by atoms with Gasteiger partial charge in [-0.25, -0.2) is 4.39 Å². The van der Waals surface area contributed by atoms with Gasteiger partial charge in [-0.15, -0.1) is 0 Å². The minimum Gasteiger partial charge on any atom is -0.490 e. The molecule has 6 heteroatoms. The fourth-order valence-electron chi connectivity index (χ4n) is 6.41. The highest BCUT2D eigenvalue weighted by molar-refractivity contribution is 9.10. The van der Waals surface area contributed by atoms with Crippen molar-refractivity contribution in [2.24, 2.45) is 23.7 Å². The van der Waals surface area contributed by atoms with Gasteiger partial charge in [0.1, 0.15) is 12.4 Å². The summed E-state index contributed by atoms with van der Waals surface area (Å²) < 4.78 is 26.1. The highest BCUT2D eigenvalue weighted by atomic mass is 79.9. The molecule has 0 heterocycles. The van der Waals surface area contributed by atoms with Crippen LogP contribution in [-0.4, -0.2) is 12.6 Å². The molecule has 32 heavy (non-hydrogen) atoms. The maximum Gasteiger partial charge on any atom is 0.175 e. The second kappa shape index (κ2) is 9.52. The van der Waals surface area contributed by atoms with Crippen molar-refractivity contribution in [2.75, 3.05) is 6.61 Å². The Hall–Kier alpha value is -1.30. The van der Waals surface area contributed by atoms with E-state index in [9.17, 15) is 4.39 Å². The van der Waals surface area contributed by atoms with Crippen molar-refractivity contribution in [3.8, 4) is 11.5 Å². The molecule has 0 amide bonds. The molecule has 0 unspecified atom stereocenters. The molecule has 6 rings (SSSR count). The number of hydrogen-bond donors (Lipinski definition) is 1. The molecule has 0 atom stereocenters. The third-order valence-corrected chi connectivity index (χ3v) is 8.47. The van der Waals surface area contributed by atoms with Crippen molar-refractivity contribution in [3.63, 3.8) is 0 Å². The third-order valence-electron chi connectivity index (χ3n) is 7.52. The van der Waals surface area contributed by atoms with Crippen molar-refractivity contribution in [3.05, 3.63) is 56.8 Å². The Morgan fingerprint density at radius 3 is 2.41 bits per heavy atom. The normalized spacial score (nSPS) is 28.2. The van der Waals surface area contributed by atoms with Crippen LogP contribution in [0.1, 0.15) is 50.2 Å². The molecule has 2 aromatic rings. The standard InChI is InChI=1S/C26H30BrClFNO2/c1-2-31-24-11-17(13-30-25-19-6-15-5-16(8-19)9-20(25)7-15)10-22(27)26(24)32-14-18-3-4-21(29)12-23(18)28/h3-4,10-12,15-16,19-20,25,30H,2,5-9,13-14H2,1H3. The second-order valence-electron chi connectivity index (χ2n) is 9.70. The van der Waals surface area contributed by atoms with Gasteiger partial charge in [0.2, 0.25) is 0 Å². The van der Waals surface area contributed by atoms with Gasteiger partial charge in [0.05, 0.1) is 16.1 Å². The predicted octanol–water partition coefficient (Wildman–Crippen LogP) is 7.13. The van der Waals surface area contributed by atoms with Crippen LogP contribution in [0.25, 0.3) is 0 Å². The number of rotatable bonds is 8. The molecule has 0 saturated heterocycles. The fourth-order valence-corrected chi connectivity index (χ4v) is 7.23. The molecule has 4 saturated carbocycles. The van der Waals surface area contributed by atoms with Crippen LogP contribution >= 0.6 is 27.5 Å². The highest BCUT2D eigenvalue weighted by Gasteiger charge is 2.47. The minimum absolute atomic E-state index is 0.239. The zero-order valence-electron chi connectivity index (χ0n) is 18.4. The third kappa shape index (κ3) is 4.67. The summed E-state index contributed by atoms with van der Waals surface area (Å²) in [7, 11) is 0. The Bertz CT molecular complexity index is 957. The van der Waals surface area contributed by atoms with Gasteiger partial charge in [-0.3, -0.25) is 0 Å². The number of hydrogen-bond acceptors (Lipinski definition) is 3. The van der Waals surface area contributed by atoms with E-state index < -0.39 is 0 Å². The summed E-state index contributed by atoms with van der Waals surface area (Å²) in [5, 5.41) is 4.25. The minimum atomic E-state index is -0.356. The summed E-state index contributed by atoms with van der Waals surface area (Å²) in [5.41, 5.74) is 1.91. The van der Waals surface area contributed by atoms with E-state index in [1.807, 2.05) is 6.92 Å². The Morgan fingerprint density at radius 2 is 1.75 bits per heavy atom. The summed E-state index contributed by atoms with van der Waals surface area (Å²) in [5.74, 6) is 4.67. The van der Waals surface area contributed by atoms with Crippen LogP contribution in [0, 0.1) is 29.5 Å². The first-order chi connectivity index (χ1) is 15.5. The molecular formula is C26H30BrClFNO2. The van der Waals surface area contributed by atoms with Gasteiger partial charge in [0, 0.05) is 18.2 Å². The van der Waals surface area contributed by atoms with Gasteiger partial charge < -0.3 is 14.8 Å². The van der Waals surface area contributed by atoms with Gasteiger partial charge in [-0.2, -0.15) is 0 Å². The molecule has 0 spiro atoms. The van der Waals surface area contributed by atoms with Gasteiger partial charge in [0.25, 0.3) is 0 Å². The summed E-state index contributed by atoms with van der Waals surface area (Å²) in [6, 6.07) is 9.16. The molecule has 172 valence electrons. The number of nitrogens with one attached hydrogen (secondary N) is 1. The molecule has 4 bridgehead atoms. The topological polar surface area (TPSA) is 30.5 Å². The van der Waals surface area contributed by atoms with Crippen LogP contribution in [0.4, 0.5) is 4.39 Å². The molecule has 4 aliphatic rings. The van der Waals surface area contributed by atoms with Crippen LogP contribution in [-0.2, 0) is 13.2 Å². The molecule has 4 fully saturated rings. The lowest BCUT2D eigenvalue weighted by Crippen LogP contribution is -2.54. The summed E-state index contributed by atoms with van der Waals surface area (Å²) >= 11 is 9.83. The number of halogens is 3. The molecule has 2 aromatic carbocycles. The van der Waals surface area contributed by atoms with Gasteiger partial charge >= 0.3 is 0 Å². The number of benzene rings is 2. The molecular weight excluding hydrogens is 493 g/mol. The van der Waals surface area contributed by atoms with Crippen molar-refractivity contribution < 1.29 is 13.9 Å². The maximum atomic E-state index is 13.3. The van der Waals surface area contributed by atoms with E-state index in [0.717, 1.165) is 40.3 Å². The average Bonchev–Trinajstić information content (AvgIpc) is 2.73. The van der Waals surface area contributed by atoms with E-state index in [1.165, 1.54) is 49.8 Å². The SMILES string of the molecule is CCOc1cc(CNC2C3CC4CC(C3)CC2C4)cc(Br)c1OCc1ccc(F)cc1Cl. The van der Waals surface area contributed by atoms with Crippen LogP contribution in [0.3, 0.4) is 0 Å². The van der Waals surface area contributed by atoms with E-state index in [2.05, 4.69) is 33.4 Å². The van der Waals surface area contributed by atoms with Crippen molar-refractivity contribution >= 4 is 27.5 Å². The first kappa shape index (κ1) is 22.5. The van der Waals surface area contributed by atoms with Crippen LogP contribution < -0.4 is 14.8 Å². The Morgan fingerprint density at radius 1 is 1.03 bits per heavy atom. The van der Waals surface area contributed by atoms with E-state index >= 15 is 0 Å². The lowest BCUT2D eigenvalue weighted by molar-refractivity contribution is -0.0142. The van der Waals surface area contributed by atoms with Crippen LogP contribution in [0.2, 0.25) is 5.02 Å². The lowest BCUT2D eigenvalue weighted by atomic mass is 9.54. The molecule has 0 aromatic heterocycles. The van der Waals surface area contributed by atoms with Crippen LogP contribution in [0.15, 0.2) is 34.8 Å². The van der Waals surface area contributed by atoms with Gasteiger partial charge in [0.15, 0.2) is 11.5 Å². The van der Waals surface area contributed by atoms with Crippen LogP contribution in [0.5, 0.6) is 11.5 Å². The predicted molar refractivity (Wildman–Crippen MR) is 129 cm³/mol. The first-order valence-corrected chi connectivity index (χ1v) is 12.9. The van der Waals surface area contributed by atoms with Crippen molar-refractivity contribution in [1.29, 1.82) is 0 Å². The Labute approximate surface area is 203 Å². The van der Waals surface area contributed by atoms with E-state index in [0.29, 0.717) is 29.2 Å². The van der Waals surface area contributed by atoms with Crippen molar-refractivity contribution in [2.45, 2.75) is 58.2 Å². The summed E-state index contributed by atoms with van der Waals surface area (Å²) in [6.07, 6.45) is 7.14. The zero-order chi connectivity index (χ0) is 22.2. The fraction of sp³-hybridized carbons (Fsp3) is 0.538. The van der Waals surface area contributed by atoms with Gasteiger partial charge in [-0.05, 0) is 108 Å². The van der Waals surface area contributed by atoms with Crippen molar-refractivity contribution in [1.82, 2.24) is 5.32 Å².